The van der Waals surface area contributed by atoms with E-state index in [2.05, 4.69) is 19.9 Å². The number of hydrogen-bond acceptors (Lipinski definition) is 5. The third-order valence-corrected chi connectivity index (χ3v) is 6.78. The summed E-state index contributed by atoms with van der Waals surface area (Å²) in [6, 6.07) is 8.65. The topological polar surface area (TPSA) is 87.1 Å². The zero-order chi connectivity index (χ0) is 21.4. The van der Waals surface area contributed by atoms with Crippen molar-refractivity contribution in [3.63, 3.8) is 0 Å². The second-order valence-corrected chi connectivity index (χ2v) is 8.63. The van der Waals surface area contributed by atoms with Crippen LogP contribution in [0.3, 0.4) is 0 Å². The van der Waals surface area contributed by atoms with Crippen LogP contribution in [0.15, 0.2) is 41.5 Å². The smallest absolute Gasteiger partial charge is 0.326 e. The van der Waals surface area contributed by atoms with Crippen LogP contribution in [0.2, 0.25) is 0 Å². The largest absolute Gasteiger partial charge is 0.338 e. The molecule has 0 bridgehead atoms. The van der Waals surface area contributed by atoms with Gasteiger partial charge < -0.3 is 14.8 Å². The van der Waals surface area contributed by atoms with Crippen molar-refractivity contribution in [3.8, 4) is 0 Å². The Bertz CT molecular complexity index is 1120. The van der Waals surface area contributed by atoms with Crippen LogP contribution >= 0.6 is 0 Å². The number of aromatic nitrogens is 4. The number of carbonyl (C=O) groups is 1. The van der Waals surface area contributed by atoms with Gasteiger partial charge in [-0.2, -0.15) is 0 Å². The van der Waals surface area contributed by atoms with E-state index in [4.69, 9.17) is 0 Å². The lowest BCUT2D eigenvalue weighted by molar-refractivity contribution is 0.0557. The zero-order valence-corrected chi connectivity index (χ0v) is 17.8. The number of fused-ring (bicyclic) bond motifs is 1. The van der Waals surface area contributed by atoms with E-state index in [1.807, 2.05) is 40.7 Å². The first-order valence-corrected chi connectivity index (χ1v) is 11.1. The molecule has 1 N–H and O–H groups in total. The number of rotatable bonds is 3. The monoisotopic (exact) mass is 420 g/mol. The number of aromatic amines is 1. The maximum Gasteiger partial charge on any atom is 0.326 e. The summed E-state index contributed by atoms with van der Waals surface area (Å²) in [5.41, 5.74) is 2.46. The van der Waals surface area contributed by atoms with Crippen LogP contribution in [0.25, 0.3) is 11.0 Å². The van der Waals surface area contributed by atoms with E-state index < -0.39 is 0 Å². The third-order valence-electron chi connectivity index (χ3n) is 6.78. The van der Waals surface area contributed by atoms with Crippen molar-refractivity contribution in [3.05, 3.63) is 58.5 Å². The second-order valence-electron chi connectivity index (χ2n) is 8.63. The number of carbonyl (C=O) groups excluding carboxylic acids is 1. The van der Waals surface area contributed by atoms with Gasteiger partial charge in [0.1, 0.15) is 5.82 Å². The van der Waals surface area contributed by atoms with Gasteiger partial charge in [0.05, 0.1) is 16.6 Å². The molecule has 162 valence electrons. The molecule has 4 heterocycles. The predicted molar refractivity (Wildman–Crippen MR) is 118 cm³/mol. The molecule has 2 aromatic heterocycles. The molecule has 8 nitrogen and oxygen atoms in total. The van der Waals surface area contributed by atoms with E-state index in [0.29, 0.717) is 17.4 Å². The van der Waals surface area contributed by atoms with Crippen molar-refractivity contribution < 1.29 is 4.79 Å². The van der Waals surface area contributed by atoms with Gasteiger partial charge in [0.15, 0.2) is 0 Å². The van der Waals surface area contributed by atoms with Crippen LogP contribution in [-0.4, -0.2) is 67.4 Å². The molecule has 0 saturated carbocycles. The Hall–Kier alpha value is -3.00. The first-order valence-electron chi connectivity index (χ1n) is 11.1. The first kappa shape index (κ1) is 19.9. The molecule has 8 heteroatoms. The Labute approximate surface area is 180 Å². The fraction of sp³-hybridized carbons (Fsp3) is 0.478. The van der Waals surface area contributed by atoms with Crippen molar-refractivity contribution in [1.29, 1.82) is 0 Å². The van der Waals surface area contributed by atoms with Gasteiger partial charge in [-0.25, -0.2) is 14.8 Å². The Kier molecular flexibility index (Phi) is 5.31. The number of benzene rings is 1. The highest BCUT2D eigenvalue weighted by Crippen LogP contribution is 2.28. The number of H-pyrrole nitrogens is 1. The SMILES string of the molecule is Cc1ncc(C(=O)N2CCC(N3CCC(n4c(=O)[nH]c5ccccc54)CC3)CC2)cn1. The van der Waals surface area contributed by atoms with Gasteiger partial charge in [-0.15, -0.1) is 0 Å². The molecular formula is C23H28N6O2. The molecule has 3 aromatic rings. The molecular weight excluding hydrogens is 392 g/mol. The zero-order valence-electron chi connectivity index (χ0n) is 17.8. The fourth-order valence-corrected chi connectivity index (χ4v) is 5.07. The lowest BCUT2D eigenvalue weighted by atomic mass is 9.97. The van der Waals surface area contributed by atoms with Crippen molar-refractivity contribution >= 4 is 16.9 Å². The summed E-state index contributed by atoms with van der Waals surface area (Å²) in [4.78, 5) is 40.9. The van der Waals surface area contributed by atoms with Gasteiger partial charge in [-0.3, -0.25) is 9.36 Å². The van der Waals surface area contributed by atoms with Gasteiger partial charge in [-0.1, -0.05) is 12.1 Å². The van der Waals surface area contributed by atoms with Gasteiger partial charge in [0, 0.05) is 50.7 Å². The molecule has 2 fully saturated rings. The number of nitrogens with zero attached hydrogens (tertiary/aromatic N) is 5. The van der Waals surface area contributed by atoms with Gasteiger partial charge in [-0.05, 0) is 44.7 Å². The van der Waals surface area contributed by atoms with E-state index in [1.165, 1.54) is 0 Å². The van der Waals surface area contributed by atoms with Crippen LogP contribution in [0, 0.1) is 6.92 Å². The summed E-state index contributed by atoms with van der Waals surface area (Å²) >= 11 is 0. The minimum absolute atomic E-state index is 0.00782. The van der Waals surface area contributed by atoms with Gasteiger partial charge >= 0.3 is 5.69 Å². The molecule has 0 unspecified atom stereocenters. The lowest BCUT2D eigenvalue weighted by Gasteiger charge is -2.42. The Morgan fingerprint density at radius 1 is 0.968 bits per heavy atom. The summed E-state index contributed by atoms with van der Waals surface area (Å²) in [5, 5.41) is 0. The molecule has 0 atom stereocenters. The van der Waals surface area contributed by atoms with Crippen molar-refractivity contribution in [2.24, 2.45) is 0 Å². The Balaban J connectivity index is 1.18. The number of likely N-dealkylation sites (tertiary alicyclic amines) is 2. The molecule has 0 radical (unpaired) electrons. The minimum atomic E-state index is -0.00782. The quantitative estimate of drug-likeness (QED) is 0.703. The molecule has 0 spiro atoms. The van der Waals surface area contributed by atoms with Crippen LogP contribution in [0.1, 0.15) is 47.9 Å². The average Bonchev–Trinajstić information content (AvgIpc) is 3.15. The number of imidazole rings is 1. The third kappa shape index (κ3) is 3.87. The molecule has 31 heavy (non-hydrogen) atoms. The van der Waals surface area contributed by atoms with E-state index in [0.717, 1.165) is 62.9 Å². The number of amides is 1. The van der Waals surface area contributed by atoms with Crippen molar-refractivity contribution in [1.82, 2.24) is 29.3 Å². The van der Waals surface area contributed by atoms with E-state index in [1.54, 1.807) is 12.4 Å². The first-order chi connectivity index (χ1) is 15.1. The van der Waals surface area contributed by atoms with Gasteiger partial charge in [0.25, 0.3) is 5.91 Å². The fourth-order valence-electron chi connectivity index (χ4n) is 5.07. The van der Waals surface area contributed by atoms with Crippen LogP contribution < -0.4 is 5.69 Å². The number of aryl methyl sites for hydroxylation is 1. The molecule has 2 aliphatic heterocycles. The second kappa shape index (κ2) is 8.26. The maximum absolute atomic E-state index is 12.7. The molecule has 2 aliphatic rings. The summed E-state index contributed by atoms with van der Waals surface area (Å²) in [6.45, 7) is 5.32. The standard InChI is InChI=1S/C23H28N6O2/c1-16-24-14-17(15-25-16)22(30)28-12-6-18(7-13-28)27-10-8-19(9-11-27)29-21-5-3-2-4-20(21)26-23(29)31/h2-5,14-15,18-19H,6-13H2,1H3,(H,26,31). The molecule has 2 saturated heterocycles. The van der Waals surface area contributed by atoms with E-state index >= 15 is 0 Å². The summed E-state index contributed by atoms with van der Waals surface area (Å²) in [5.74, 6) is 0.699. The molecule has 1 amide bonds. The Morgan fingerprint density at radius 2 is 1.61 bits per heavy atom. The highest BCUT2D eigenvalue weighted by molar-refractivity contribution is 5.93. The van der Waals surface area contributed by atoms with Crippen LogP contribution in [-0.2, 0) is 0 Å². The van der Waals surface area contributed by atoms with Gasteiger partial charge in [0.2, 0.25) is 0 Å². The summed E-state index contributed by atoms with van der Waals surface area (Å²) in [6.07, 6.45) is 7.15. The summed E-state index contributed by atoms with van der Waals surface area (Å²) < 4.78 is 1.94. The van der Waals surface area contributed by atoms with E-state index in [9.17, 15) is 9.59 Å². The lowest BCUT2D eigenvalue weighted by Crippen LogP contribution is -2.49. The van der Waals surface area contributed by atoms with Crippen molar-refractivity contribution in [2.45, 2.75) is 44.7 Å². The van der Waals surface area contributed by atoms with Crippen LogP contribution in [0.4, 0.5) is 0 Å². The highest BCUT2D eigenvalue weighted by atomic mass is 16.2. The minimum Gasteiger partial charge on any atom is -0.338 e. The normalized spacial score (nSPS) is 19.2. The van der Waals surface area contributed by atoms with Crippen LogP contribution in [0.5, 0.6) is 0 Å². The molecule has 1 aromatic carbocycles. The number of nitrogens with one attached hydrogen (secondary N) is 1. The maximum atomic E-state index is 12.7. The highest BCUT2D eigenvalue weighted by Gasteiger charge is 2.31. The van der Waals surface area contributed by atoms with E-state index in [-0.39, 0.29) is 17.6 Å². The number of para-hydroxylation sites is 2. The number of hydrogen-bond donors (Lipinski definition) is 1. The average molecular weight is 421 g/mol. The summed E-state index contributed by atoms with van der Waals surface area (Å²) in [7, 11) is 0. The number of piperidine rings is 2. The van der Waals surface area contributed by atoms with Crippen molar-refractivity contribution in [2.75, 3.05) is 26.2 Å². The molecule has 0 aliphatic carbocycles. The molecule has 5 rings (SSSR count). The predicted octanol–water partition coefficient (Wildman–Crippen LogP) is 2.37. The Morgan fingerprint density at radius 3 is 2.32 bits per heavy atom.